The number of anilines is 1. The molecule has 3 rings (SSSR count). The van der Waals surface area contributed by atoms with Gasteiger partial charge in [0.2, 0.25) is 0 Å². The van der Waals surface area contributed by atoms with E-state index in [2.05, 4.69) is 20.6 Å². The van der Waals surface area contributed by atoms with Crippen molar-refractivity contribution in [3.05, 3.63) is 47.8 Å². The van der Waals surface area contributed by atoms with E-state index in [0.29, 0.717) is 17.8 Å². The molecule has 0 fully saturated rings. The minimum Gasteiger partial charge on any atom is -0.319 e. The Labute approximate surface area is 133 Å². The summed E-state index contributed by atoms with van der Waals surface area (Å²) in [6.45, 7) is 5.35. The van der Waals surface area contributed by atoms with Gasteiger partial charge in [-0.05, 0) is 13.8 Å². The van der Waals surface area contributed by atoms with Gasteiger partial charge in [0.1, 0.15) is 0 Å². The minimum atomic E-state index is -0.186. The van der Waals surface area contributed by atoms with Crippen LogP contribution in [0.2, 0.25) is 0 Å². The van der Waals surface area contributed by atoms with Crippen molar-refractivity contribution < 1.29 is 4.79 Å². The molecular formula is C15H19N7O. The summed E-state index contributed by atoms with van der Waals surface area (Å²) in [4.78, 5) is 12.2. The van der Waals surface area contributed by atoms with Gasteiger partial charge in [-0.1, -0.05) is 0 Å². The number of hydrogen-bond acceptors (Lipinski definition) is 4. The van der Waals surface area contributed by atoms with Gasteiger partial charge in [-0.25, -0.2) is 0 Å². The third kappa shape index (κ3) is 3.15. The van der Waals surface area contributed by atoms with Gasteiger partial charge in [0, 0.05) is 37.2 Å². The zero-order valence-electron chi connectivity index (χ0n) is 13.4. The van der Waals surface area contributed by atoms with E-state index < -0.39 is 0 Å². The van der Waals surface area contributed by atoms with Gasteiger partial charge in [0.25, 0.3) is 5.91 Å². The van der Waals surface area contributed by atoms with E-state index in [-0.39, 0.29) is 5.91 Å². The zero-order valence-corrected chi connectivity index (χ0v) is 13.4. The molecule has 8 nitrogen and oxygen atoms in total. The second-order valence-corrected chi connectivity index (χ2v) is 5.35. The summed E-state index contributed by atoms with van der Waals surface area (Å²) in [5.41, 5.74) is 3.10. The lowest BCUT2D eigenvalue weighted by Gasteiger charge is -2.02. The average molecular weight is 313 g/mol. The largest absolute Gasteiger partial charge is 0.319 e. The molecule has 1 N–H and O–H groups in total. The number of aryl methyl sites for hydroxylation is 2. The number of rotatable bonds is 5. The lowest BCUT2D eigenvalue weighted by molar-refractivity contribution is 0.102. The normalized spacial score (nSPS) is 10.9. The number of carbonyl (C=O) groups excluding carboxylic acids is 1. The highest BCUT2D eigenvalue weighted by molar-refractivity contribution is 6.04. The Kier molecular flexibility index (Phi) is 3.96. The fourth-order valence-electron chi connectivity index (χ4n) is 2.28. The van der Waals surface area contributed by atoms with Crippen LogP contribution in [-0.4, -0.2) is 35.2 Å². The van der Waals surface area contributed by atoms with Gasteiger partial charge in [-0.2, -0.15) is 15.3 Å². The molecule has 0 aromatic carbocycles. The van der Waals surface area contributed by atoms with E-state index in [1.807, 2.05) is 30.9 Å². The third-order valence-corrected chi connectivity index (χ3v) is 3.73. The number of nitrogens with zero attached hydrogens (tertiary/aromatic N) is 6. The molecule has 0 radical (unpaired) electrons. The first kappa shape index (κ1) is 15.0. The van der Waals surface area contributed by atoms with Crippen LogP contribution in [0.25, 0.3) is 0 Å². The Morgan fingerprint density at radius 3 is 2.57 bits per heavy atom. The van der Waals surface area contributed by atoms with E-state index >= 15 is 0 Å². The van der Waals surface area contributed by atoms with Crippen LogP contribution < -0.4 is 5.32 Å². The standard InChI is InChI=1S/C15H19N7O/c1-4-21-8-12(5-17-21)9-22-10-13(6-18-22)19-15(23)14-7-16-20(3)11(14)2/h5-8,10H,4,9H2,1-3H3,(H,19,23). The highest BCUT2D eigenvalue weighted by Gasteiger charge is 2.13. The van der Waals surface area contributed by atoms with Gasteiger partial charge in [-0.15, -0.1) is 0 Å². The van der Waals surface area contributed by atoms with Crippen LogP contribution in [0.4, 0.5) is 5.69 Å². The van der Waals surface area contributed by atoms with Crippen LogP contribution in [0.5, 0.6) is 0 Å². The summed E-state index contributed by atoms with van der Waals surface area (Å²) >= 11 is 0. The summed E-state index contributed by atoms with van der Waals surface area (Å²) < 4.78 is 5.30. The molecule has 8 heteroatoms. The summed E-state index contributed by atoms with van der Waals surface area (Å²) in [6, 6.07) is 0. The first-order valence-corrected chi connectivity index (χ1v) is 7.40. The van der Waals surface area contributed by atoms with Crippen molar-refractivity contribution in [1.82, 2.24) is 29.3 Å². The Morgan fingerprint density at radius 2 is 1.91 bits per heavy atom. The maximum Gasteiger partial charge on any atom is 0.259 e. The second kappa shape index (κ2) is 6.07. The number of carbonyl (C=O) groups is 1. The summed E-state index contributed by atoms with van der Waals surface area (Å²) in [6.07, 6.45) is 8.80. The van der Waals surface area contributed by atoms with Crippen LogP contribution in [0.15, 0.2) is 31.0 Å². The van der Waals surface area contributed by atoms with Gasteiger partial charge >= 0.3 is 0 Å². The van der Waals surface area contributed by atoms with Crippen molar-refractivity contribution in [3.63, 3.8) is 0 Å². The number of aromatic nitrogens is 6. The molecule has 3 heterocycles. The predicted octanol–water partition coefficient (Wildman–Crippen LogP) is 1.44. The molecule has 0 spiro atoms. The van der Waals surface area contributed by atoms with E-state index in [1.54, 1.807) is 35.0 Å². The Bertz CT molecular complexity index is 827. The highest BCUT2D eigenvalue weighted by Crippen LogP contribution is 2.12. The molecule has 23 heavy (non-hydrogen) atoms. The van der Waals surface area contributed by atoms with Crippen molar-refractivity contribution in [2.45, 2.75) is 26.9 Å². The lowest BCUT2D eigenvalue weighted by atomic mass is 10.2. The molecule has 0 aliphatic rings. The van der Waals surface area contributed by atoms with E-state index in [1.165, 1.54) is 0 Å². The first-order chi connectivity index (χ1) is 11.1. The number of nitrogens with one attached hydrogen (secondary N) is 1. The number of hydrogen-bond donors (Lipinski definition) is 1. The molecule has 3 aromatic rings. The van der Waals surface area contributed by atoms with E-state index in [9.17, 15) is 4.79 Å². The Hall–Kier alpha value is -2.90. The van der Waals surface area contributed by atoms with Gasteiger partial charge < -0.3 is 5.32 Å². The van der Waals surface area contributed by atoms with Crippen molar-refractivity contribution in [1.29, 1.82) is 0 Å². The van der Waals surface area contributed by atoms with Crippen LogP contribution >= 0.6 is 0 Å². The van der Waals surface area contributed by atoms with Crippen molar-refractivity contribution in [2.75, 3.05) is 5.32 Å². The second-order valence-electron chi connectivity index (χ2n) is 5.35. The summed E-state index contributed by atoms with van der Waals surface area (Å²) in [5.74, 6) is -0.186. The van der Waals surface area contributed by atoms with Crippen LogP contribution in [0.3, 0.4) is 0 Å². The van der Waals surface area contributed by atoms with Gasteiger partial charge in [0.15, 0.2) is 0 Å². The average Bonchev–Trinajstić information content (AvgIpc) is 3.23. The molecule has 0 atom stereocenters. The molecule has 0 unspecified atom stereocenters. The topological polar surface area (TPSA) is 82.6 Å². The van der Waals surface area contributed by atoms with Crippen LogP contribution in [0, 0.1) is 6.92 Å². The van der Waals surface area contributed by atoms with Gasteiger partial charge in [0.05, 0.1) is 36.4 Å². The quantitative estimate of drug-likeness (QED) is 0.772. The smallest absolute Gasteiger partial charge is 0.259 e. The number of amides is 1. The van der Waals surface area contributed by atoms with E-state index in [0.717, 1.165) is 17.8 Å². The van der Waals surface area contributed by atoms with Crippen molar-refractivity contribution in [2.24, 2.45) is 7.05 Å². The lowest BCUT2D eigenvalue weighted by Crippen LogP contribution is -2.12. The van der Waals surface area contributed by atoms with Crippen LogP contribution in [-0.2, 0) is 20.1 Å². The molecule has 0 aliphatic carbocycles. The first-order valence-electron chi connectivity index (χ1n) is 7.40. The molecule has 0 aliphatic heterocycles. The molecule has 120 valence electrons. The van der Waals surface area contributed by atoms with E-state index in [4.69, 9.17) is 0 Å². The monoisotopic (exact) mass is 313 g/mol. The summed E-state index contributed by atoms with van der Waals surface area (Å²) in [7, 11) is 1.81. The molecule has 1 amide bonds. The van der Waals surface area contributed by atoms with Crippen LogP contribution in [0.1, 0.15) is 28.5 Å². The van der Waals surface area contributed by atoms with Crippen molar-refractivity contribution in [3.8, 4) is 0 Å². The maximum atomic E-state index is 12.2. The maximum absolute atomic E-state index is 12.2. The SMILES string of the molecule is CCn1cc(Cn2cc(NC(=O)c3cnn(C)c3C)cn2)cn1. The third-order valence-electron chi connectivity index (χ3n) is 3.73. The molecule has 0 saturated carbocycles. The fourth-order valence-corrected chi connectivity index (χ4v) is 2.28. The Morgan fingerprint density at radius 1 is 1.13 bits per heavy atom. The van der Waals surface area contributed by atoms with Crippen molar-refractivity contribution >= 4 is 11.6 Å². The predicted molar refractivity (Wildman–Crippen MR) is 85.1 cm³/mol. The fraction of sp³-hybridized carbons (Fsp3) is 0.333. The molecule has 0 bridgehead atoms. The Balaban J connectivity index is 1.67. The highest BCUT2D eigenvalue weighted by atomic mass is 16.1. The zero-order chi connectivity index (χ0) is 16.4. The van der Waals surface area contributed by atoms with Gasteiger partial charge in [-0.3, -0.25) is 18.8 Å². The molecule has 3 aromatic heterocycles. The summed E-state index contributed by atoms with van der Waals surface area (Å²) in [5, 5.41) is 15.4. The minimum absolute atomic E-state index is 0.186. The molecular weight excluding hydrogens is 294 g/mol. The molecule has 0 saturated heterocycles.